The Balaban J connectivity index is 2.27. The third kappa shape index (κ3) is 3.60. The van der Waals surface area contributed by atoms with Crippen LogP contribution in [0.2, 0.25) is 0 Å². The maximum absolute atomic E-state index is 12.4. The van der Waals surface area contributed by atoms with Crippen LogP contribution in [0.25, 0.3) is 0 Å². The lowest BCUT2D eigenvalue weighted by Gasteiger charge is -2.07. The first-order valence-electron chi connectivity index (χ1n) is 5.42. The first-order chi connectivity index (χ1) is 9.91. The molecule has 2 heterocycles. The van der Waals surface area contributed by atoms with Crippen molar-refractivity contribution in [3.63, 3.8) is 0 Å². The minimum Gasteiger partial charge on any atom is -0.409 e. The highest BCUT2D eigenvalue weighted by Crippen LogP contribution is 2.31. The third-order valence-electron chi connectivity index (χ3n) is 2.28. The van der Waals surface area contributed by atoms with E-state index in [2.05, 4.69) is 20.1 Å². The van der Waals surface area contributed by atoms with E-state index >= 15 is 0 Å². The van der Waals surface area contributed by atoms with Gasteiger partial charge in [-0.05, 0) is 23.9 Å². The fourth-order valence-electron chi connectivity index (χ4n) is 1.33. The molecule has 21 heavy (non-hydrogen) atoms. The van der Waals surface area contributed by atoms with E-state index in [9.17, 15) is 13.2 Å². The van der Waals surface area contributed by atoms with Crippen LogP contribution >= 0.6 is 11.8 Å². The van der Waals surface area contributed by atoms with Gasteiger partial charge in [0.2, 0.25) is 0 Å². The summed E-state index contributed by atoms with van der Waals surface area (Å²) < 4.78 is 37.3. The number of hydrogen-bond donors (Lipinski definition) is 2. The molecular weight excluding hydrogens is 307 g/mol. The van der Waals surface area contributed by atoms with E-state index in [1.165, 1.54) is 18.5 Å². The van der Waals surface area contributed by atoms with E-state index in [1.807, 2.05) is 0 Å². The molecule has 2 aromatic heterocycles. The molecule has 0 fully saturated rings. The number of oxime groups is 1. The summed E-state index contributed by atoms with van der Waals surface area (Å²) in [5.41, 5.74) is 4.72. The molecule has 6 nitrogen and oxygen atoms in total. The molecule has 10 heteroatoms. The highest BCUT2D eigenvalue weighted by atomic mass is 32.2. The highest BCUT2D eigenvalue weighted by Gasteiger charge is 2.30. The fourth-order valence-corrected chi connectivity index (χ4v) is 2.14. The Bertz CT molecular complexity index is 660. The molecule has 0 amide bonds. The van der Waals surface area contributed by atoms with Crippen LogP contribution in [-0.4, -0.2) is 26.0 Å². The predicted molar refractivity (Wildman–Crippen MR) is 67.9 cm³/mol. The normalized spacial score (nSPS) is 12.4. The maximum Gasteiger partial charge on any atom is 0.417 e. The maximum atomic E-state index is 12.4. The molecule has 0 aliphatic heterocycles. The van der Waals surface area contributed by atoms with Crippen molar-refractivity contribution in [3.05, 3.63) is 42.0 Å². The Kier molecular flexibility index (Phi) is 4.26. The van der Waals surface area contributed by atoms with Crippen LogP contribution in [0.15, 0.2) is 45.9 Å². The van der Waals surface area contributed by atoms with E-state index in [4.69, 9.17) is 10.9 Å². The summed E-state index contributed by atoms with van der Waals surface area (Å²) in [6.07, 6.45) is -0.998. The van der Waals surface area contributed by atoms with Crippen molar-refractivity contribution in [3.8, 4) is 0 Å². The van der Waals surface area contributed by atoms with Gasteiger partial charge < -0.3 is 10.9 Å². The minimum absolute atomic E-state index is 0.117. The average Bonchev–Trinajstić information content (AvgIpc) is 2.46. The number of halogens is 3. The van der Waals surface area contributed by atoms with E-state index in [-0.39, 0.29) is 21.6 Å². The summed E-state index contributed by atoms with van der Waals surface area (Å²) in [6, 6.07) is 2.12. The van der Waals surface area contributed by atoms with Gasteiger partial charge in [0.05, 0.1) is 5.56 Å². The van der Waals surface area contributed by atoms with Gasteiger partial charge in [-0.2, -0.15) is 13.2 Å². The van der Waals surface area contributed by atoms with Gasteiger partial charge in [-0.15, -0.1) is 0 Å². The number of nitrogens with zero attached hydrogens (tertiary/aromatic N) is 4. The summed E-state index contributed by atoms with van der Waals surface area (Å²) in [7, 11) is 0. The SMILES string of the molecule is NC(=NO)c1nccnc1Sc1ccc(C(F)(F)F)cn1. The summed E-state index contributed by atoms with van der Waals surface area (Å²) in [5.74, 6) is -0.252. The largest absolute Gasteiger partial charge is 0.417 e. The van der Waals surface area contributed by atoms with Crippen LogP contribution < -0.4 is 5.73 Å². The first kappa shape index (κ1) is 15.0. The number of nitrogens with two attached hydrogens (primary N) is 1. The Morgan fingerprint density at radius 1 is 1.19 bits per heavy atom. The summed E-state index contributed by atoms with van der Waals surface area (Å²) >= 11 is 0.953. The Morgan fingerprint density at radius 3 is 2.48 bits per heavy atom. The van der Waals surface area contributed by atoms with Gasteiger partial charge in [0.25, 0.3) is 0 Å². The standard InChI is InChI=1S/C11H8F3N5OS/c12-11(13,14)6-1-2-7(18-5-6)21-10-8(9(15)19-20)16-3-4-17-10/h1-5,20H,(H2,15,19). The molecular formula is C11H8F3N5OS. The molecule has 0 atom stereocenters. The summed E-state index contributed by atoms with van der Waals surface area (Å²) in [6.45, 7) is 0. The van der Waals surface area contributed by atoms with Crippen LogP contribution in [0.1, 0.15) is 11.3 Å². The molecule has 0 radical (unpaired) electrons. The Labute approximate surface area is 120 Å². The number of amidine groups is 1. The number of pyridine rings is 1. The van der Waals surface area contributed by atoms with Crippen molar-refractivity contribution in [1.29, 1.82) is 0 Å². The monoisotopic (exact) mass is 315 g/mol. The van der Waals surface area contributed by atoms with E-state index in [0.29, 0.717) is 0 Å². The lowest BCUT2D eigenvalue weighted by molar-refractivity contribution is -0.137. The van der Waals surface area contributed by atoms with Gasteiger partial charge >= 0.3 is 6.18 Å². The van der Waals surface area contributed by atoms with Crippen molar-refractivity contribution < 1.29 is 18.4 Å². The van der Waals surface area contributed by atoms with Crippen LogP contribution in [0.4, 0.5) is 13.2 Å². The zero-order valence-electron chi connectivity index (χ0n) is 10.2. The zero-order chi connectivity index (χ0) is 15.5. The average molecular weight is 315 g/mol. The molecule has 2 rings (SSSR count). The van der Waals surface area contributed by atoms with Gasteiger partial charge in [-0.25, -0.2) is 15.0 Å². The molecule has 0 aliphatic carbocycles. The molecule has 0 aliphatic rings. The smallest absolute Gasteiger partial charge is 0.409 e. The quantitative estimate of drug-likeness (QED) is 0.390. The van der Waals surface area contributed by atoms with Crippen LogP contribution in [0.5, 0.6) is 0 Å². The molecule has 0 unspecified atom stereocenters. The Hall–Kier alpha value is -2.36. The molecule has 2 aromatic rings. The van der Waals surface area contributed by atoms with Gasteiger partial charge in [0, 0.05) is 18.6 Å². The fraction of sp³-hybridized carbons (Fsp3) is 0.0909. The van der Waals surface area contributed by atoms with Gasteiger partial charge in [0.15, 0.2) is 5.84 Å². The van der Waals surface area contributed by atoms with Crippen molar-refractivity contribution >= 4 is 17.6 Å². The molecule has 0 saturated carbocycles. The number of hydrogen-bond acceptors (Lipinski definition) is 6. The minimum atomic E-state index is -4.44. The number of aromatic nitrogens is 3. The van der Waals surface area contributed by atoms with Crippen molar-refractivity contribution in [2.75, 3.05) is 0 Å². The molecule has 110 valence electrons. The second kappa shape index (κ2) is 5.95. The second-order valence-corrected chi connectivity index (χ2v) is 4.69. The zero-order valence-corrected chi connectivity index (χ0v) is 11.1. The van der Waals surface area contributed by atoms with Crippen molar-refractivity contribution in [2.45, 2.75) is 16.2 Å². The van der Waals surface area contributed by atoms with Crippen LogP contribution in [0, 0.1) is 0 Å². The molecule has 0 spiro atoms. The van der Waals surface area contributed by atoms with Crippen LogP contribution in [0.3, 0.4) is 0 Å². The second-order valence-electron chi connectivity index (χ2n) is 3.68. The van der Waals surface area contributed by atoms with E-state index in [1.54, 1.807) is 0 Å². The number of rotatable bonds is 3. The topological polar surface area (TPSA) is 97.3 Å². The lowest BCUT2D eigenvalue weighted by atomic mass is 10.3. The molecule has 3 N–H and O–H groups in total. The lowest BCUT2D eigenvalue weighted by Crippen LogP contribution is -2.16. The first-order valence-corrected chi connectivity index (χ1v) is 6.23. The van der Waals surface area contributed by atoms with Gasteiger partial charge in [-0.1, -0.05) is 5.16 Å². The summed E-state index contributed by atoms with van der Waals surface area (Å²) in [5, 5.41) is 12.0. The number of alkyl halides is 3. The molecule has 0 bridgehead atoms. The van der Waals surface area contributed by atoms with E-state index in [0.717, 1.165) is 24.0 Å². The van der Waals surface area contributed by atoms with Gasteiger partial charge in [0.1, 0.15) is 15.7 Å². The predicted octanol–water partition coefficient (Wildman–Crippen LogP) is 2.14. The third-order valence-corrected chi connectivity index (χ3v) is 3.22. The highest BCUT2D eigenvalue weighted by molar-refractivity contribution is 7.99. The van der Waals surface area contributed by atoms with Crippen molar-refractivity contribution in [1.82, 2.24) is 15.0 Å². The van der Waals surface area contributed by atoms with Crippen molar-refractivity contribution in [2.24, 2.45) is 10.9 Å². The Morgan fingerprint density at radius 2 is 1.90 bits per heavy atom. The van der Waals surface area contributed by atoms with Gasteiger partial charge in [-0.3, -0.25) is 0 Å². The summed E-state index contributed by atoms with van der Waals surface area (Å²) in [4.78, 5) is 11.6. The van der Waals surface area contributed by atoms with Crippen LogP contribution in [-0.2, 0) is 6.18 Å². The molecule has 0 saturated heterocycles. The molecule has 0 aromatic carbocycles. The van der Waals surface area contributed by atoms with E-state index < -0.39 is 11.7 Å².